The van der Waals surface area contributed by atoms with Gasteiger partial charge in [0.05, 0.1) is 11.4 Å². The van der Waals surface area contributed by atoms with Gasteiger partial charge in [0.2, 0.25) is 0 Å². The van der Waals surface area contributed by atoms with E-state index in [1.807, 2.05) is 36.7 Å². The lowest BCUT2D eigenvalue weighted by Crippen LogP contribution is -2.05. The molecule has 0 aliphatic heterocycles. The van der Waals surface area contributed by atoms with Crippen molar-refractivity contribution in [2.24, 2.45) is 5.73 Å². The van der Waals surface area contributed by atoms with E-state index >= 15 is 0 Å². The van der Waals surface area contributed by atoms with Gasteiger partial charge >= 0.3 is 0 Å². The molecule has 2 rings (SSSR count). The summed E-state index contributed by atoms with van der Waals surface area (Å²) < 4.78 is 1.92. The van der Waals surface area contributed by atoms with E-state index < -0.39 is 0 Å². The van der Waals surface area contributed by atoms with Crippen LogP contribution in [0.25, 0.3) is 5.69 Å². The fourth-order valence-corrected chi connectivity index (χ4v) is 2.05. The summed E-state index contributed by atoms with van der Waals surface area (Å²) in [5.74, 6) is 0. The van der Waals surface area contributed by atoms with E-state index in [2.05, 4.69) is 11.2 Å². The first kappa shape index (κ1) is 12.1. The van der Waals surface area contributed by atoms with Gasteiger partial charge in [-0.3, -0.25) is 0 Å². The third kappa shape index (κ3) is 2.35. The Bertz CT molecular complexity index is 531. The van der Waals surface area contributed by atoms with Gasteiger partial charge in [-0.2, -0.15) is 5.10 Å². The van der Waals surface area contributed by atoms with E-state index in [1.165, 1.54) is 0 Å². The molecule has 0 radical (unpaired) electrons. The Morgan fingerprint density at radius 1 is 1.35 bits per heavy atom. The second-order valence-electron chi connectivity index (χ2n) is 4.11. The van der Waals surface area contributed by atoms with Gasteiger partial charge in [0.25, 0.3) is 0 Å². The van der Waals surface area contributed by atoms with Crippen molar-refractivity contribution >= 4 is 11.6 Å². The normalized spacial score (nSPS) is 10.8. The molecule has 2 N–H and O–H groups in total. The highest BCUT2D eigenvalue weighted by molar-refractivity contribution is 6.31. The van der Waals surface area contributed by atoms with Gasteiger partial charge < -0.3 is 5.73 Å². The minimum atomic E-state index is 0.616. The van der Waals surface area contributed by atoms with Crippen molar-refractivity contribution in [1.82, 2.24) is 9.78 Å². The Hall–Kier alpha value is -1.32. The summed E-state index contributed by atoms with van der Waals surface area (Å²) >= 11 is 6.12. The molecule has 0 fully saturated rings. The second-order valence-corrected chi connectivity index (χ2v) is 4.52. The van der Waals surface area contributed by atoms with Crippen molar-refractivity contribution < 1.29 is 0 Å². The minimum absolute atomic E-state index is 0.616. The van der Waals surface area contributed by atoms with Crippen LogP contribution in [-0.4, -0.2) is 16.3 Å². The summed E-state index contributed by atoms with van der Waals surface area (Å²) in [7, 11) is 0. The molecule has 0 atom stereocenters. The summed E-state index contributed by atoms with van der Waals surface area (Å²) in [5.41, 5.74) is 9.72. The zero-order valence-electron chi connectivity index (χ0n) is 10.1. The van der Waals surface area contributed by atoms with Crippen molar-refractivity contribution in [2.75, 3.05) is 6.54 Å². The van der Waals surface area contributed by atoms with Gasteiger partial charge in [0, 0.05) is 17.1 Å². The van der Waals surface area contributed by atoms with Crippen LogP contribution in [0.5, 0.6) is 0 Å². The molecule has 0 bridgehead atoms. The Morgan fingerprint density at radius 3 is 2.82 bits per heavy atom. The monoisotopic (exact) mass is 249 g/mol. The topological polar surface area (TPSA) is 43.8 Å². The lowest BCUT2D eigenvalue weighted by atomic mass is 10.2. The molecule has 1 aromatic heterocycles. The van der Waals surface area contributed by atoms with E-state index in [4.69, 9.17) is 17.3 Å². The number of nitrogens with zero attached hydrogens (tertiary/aromatic N) is 2. The molecule has 1 heterocycles. The van der Waals surface area contributed by atoms with Crippen LogP contribution >= 0.6 is 11.6 Å². The van der Waals surface area contributed by atoms with Crippen molar-refractivity contribution in [3.63, 3.8) is 0 Å². The van der Waals surface area contributed by atoms with Crippen LogP contribution in [0.15, 0.2) is 24.3 Å². The summed E-state index contributed by atoms with van der Waals surface area (Å²) in [5, 5.41) is 5.31. The lowest BCUT2D eigenvalue weighted by Gasteiger charge is -2.09. The molecule has 4 heteroatoms. The van der Waals surface area contributed by atoms with Gasteiger partial charge in [-0.05, 0) is 44.2 Å². The first-order valence-corrected chi connectivity index (χ1v) is 6.02. The van der Waals surface area contributed by atoms with E-state index in [9.17, 15) is 0 Å². The van der Waals surface area contributed by atoms with E-state index in [0.29, 0.717) is 6.54 Å². The van der Waals surface area contributed by atoms with Crippen LogP contribution in [-0.2, 0) is 6.42 Å². The molecular weight excluding hydrogens is 234 g/mol. The number of benzene rings is 1. The Labute approximate surface area is 106 Å². The summed E-state index contributed by atoms with van der Waals surface area (Å²) in [6.45, 7) is 4.65. The smallest absolute Gasteiger partial charge is 0.0692 e. The van der Waals surface area contributed by atoms with Crippen molar-refractivity contribution in [3.8, 4) is 5.69 Å². The SMILES string of the molecule is Cc1c(Cl)cccc1-n1nc(CCN)cc1C. The highest BCUT2D eigenvalue weighted by Crippen LogP contribution is 2.23. The first-order valence-electron chi connectivity index (χ1n) is 5.64. The number of aryl methyl sites for hydroxylation is 1. The maximum Gasteiger partial charge on any atom is 0.0692 e. The number of nitrogens with two attached hydrogens (primary N) is 1. The number of hydrogen-bond donors (Lipinski definition) is 1. The highest BCUT2D eigenvalue weighted by Gasteiger charge is 2.09. The number of aromatic nitrogens is 2. The van der Waals surface area contributed by atoms with Crippen molar-refractivity contribution in [2.45, 2.75) is 20.3 Å². The summed E-state index contributed by atoms with van der Waals surface area (Å²) in [6.07, 6.45) is 0.799. The second kappa shape index (κ2) is 4.90. The number of rotatable bonds is 3. The molecule has 3 nitrogen and oxygen atoms in total. The van der Waals surface area contributed by atoms with E-state index in [1.54, 1.807) is 0 Å². The minimum Gasteiger partial charge on any atom is -0.330 e. The number of hydrogen-bond acceptors (Lipinski definition) is 2. The predicted octanol–water partition coefficient (Wildman–Crippen LogP) is 2.64. The van der Waals surface area contributed by atoms with Crippen LogP contribution in [0.3, 0.4) is 0 Å². The van der Waals surface area contributed by atoms with Crippen LogP contribution < -0.4 is 5.73 Å². The van der Waals surface area contributed by atoms with Crippen LogP contribution in [0, 0.1) is 13.8 Å². The molecule has 0 unspecified atom stereocenters. The molecule has 0 aliphatic carbocycles. The quantitative estimate of drug-likeness (QED) is 0.909. The maximum atomic E-state index is 6.12. The molecule has 2 aromatic rings. The van der Waals surface area contributed by atoms with Gasteiger partial charge in [-0.1, -0.05) is 17.7 Å². The Morgan fingerprint density at radius 2 is 2.12 bits per heavy atom. The lowest BCUT2D eigenvalue weighted by molar-refractivity contribution is 0.800. The van der Waals surface area contributed by atoms with Gasteiger partial charge in [-0.15, -0.1) is 0 Å². The zero-order chi connectivity index (χ0) is 12.4. The molecule has 17 heavy (non-hydrogen) atoms. The molecule has 0 saturated heterocycles. The fourth-order valence-electron chi connectivity index (χ4n) is 1.88. The van der Waals surface area contributed by atoms with Crippen molar-refractivity contribution in [1.29, 1.82) is 0 Å². The average Bonchev–Trinajstić information content (AvgIpc) is 2.64. The maximum absolute atomic E-state index is 6.12. The van der Waals surface area contributed by atoms with Gasteiger partial charge in [0.1, 0.15) is 0 Å². The molecule has 0 spiro atoms. The molecule has 90 valence electrons. The van der Waals surface area contributed by atoms with Crippen LogP contribution in [0.1, 0.15) is 17.0 Å². The molecular formula is C13H16ClN3. The van der Waals surface area contributed by atoms with Crippen molar-refractivity contribution in [3.05, 3.63) is 46.2 Å². The number of halogens is 1. The molecule has 0 saturated carbocycles. The standard InChI is InChI=1S/C13H16ClN3/c1-9-8-11(6-7-15)16-17(9)13-5-3-4-12(14)10(13)2/h3-5,8H,6-7,15H2,1-2H3. The largest absolute Gasteiger partial charge is 0.330 e. The molecule has 0 amide bonds. The zero-order valence-corrected chi connectivity index (χ0v) is 10.8. The van der Waals surface area contributed by atoms with E-state index in [-0.39, 0.29) is 0 Å². The Kier molecular flexibility index (Phi) is 3.50. The van der Waals surface area contributed by atoms with Crippen LogP contribution in [0.4, 0.5) is 0 Å². The fraction of sp³-hybridized carbons (Fsp3) is 0.308. The van der Waals surface area contributed by atoms with Gasteiger partial charge in [-0.25, -0.2) is 4.68 Å². The average molecular weight is 250 g/mol. The summed E-state index contributed by atoms with van der Waals surface area (Å²) in [4.78, 5) is 0. The Balaban J connectivity index is 2.49. The summed E-state index contributed by atoms with van der Waals surface area (Å²) in [6, 6.07) is 7.91. The first-order chi connectivity index (χ1) is 8.13. The van der Waals surface area contributed by atoms with Crippen LogP contribution in [0.2, 0.25) is 5.02 Å². The molecule has 1 aromatic carbocycles. The van der Waals surface area contributed by atoms with Gasteiger partial charge in [0.15, 0.2) is 0 Å². The highest BCUT2D eigenvalue weighted by atomic mass is 35.5. The third-order valence-electron chi connectivity index (χ3n) is 2.81. The molecule has 0 aliphatic rings. The predicted molar refractivity (Wildman–Crippen MR) is 70.8 cm³/mol. The van der Waals surface area contributed by atoms with E-state index in [0.717, 1.165) is 34.1 Å². The third-order valence-corrected chi connectivity index (χ3v) is 3.22.